The second-order valence-electron chi connectivity index (χ2n) is 5.48. The number of thiazole rings is 1. The zero-order valence-electron chi connectivity index (χ0n) is 12.6. The molecule has 1 aromatic carbocycles. The van der Waals surface area contributed by atoms with Gasteiger partial charge in [0.1, 0.15) is 0 Å². The normalized spacial score (nSPS) is 13.2. The summed E-state index contributed by atoms with van der Waals surface area (Å²) in [5.41, 5.74) is 1.13. The van der Waals surface area contributed by atoms with Crippen molar-refractivity contribution in [2.24, 2.45) is 11.8 Å². The Balaban J connectivity index is 1.96. The Bertz CT molecular complexity index is 491. The predicted octanol–water partition coefficient (Wildman–Crippen LogP) is 3.35. The third kappa shape index (κ3) is 4.27. The fraction of sp³-hybridized carbons (Fsp3) is 0.562. The second-order valence-corrected chi connectivity index (χ2v) is 6.60. The van der Waals surface area contributed by atoms with Crippen molar-refractivity contribution in [3.05, 3.63) is 29.3 Å². The SMILES string of the molecule is COCCNCC(Cc1nc2ccccc2s1)C(C)C. The van der Waals surface area contributed by atoms with E-state index in [0.29, 0.717) is 11.8 Å². The summed E-state index contributed by atoms with van der Waals surface area (Å²) in [5.74, 6) is 1.27. The van der Waals surface area contributed by atoms with Gasteiger partial charge in [0.2, 0.25) is 0 Å². The quantitative estimate of drug-likeness (QED) is 0.758. The molecule has 1 heterocycles. The number of methoxy groups -OCH3 is 1. The van der Waals surface area contributed by atoms with Crippen molar-refractivity contribution in [2.45, 2.75) is 20.3 Å². The monoisotopic (exact) mass is 292 g/mol. The van der Waals surface area contributed by atoms with E-state index < -0.39 is 0 Å². The summed E-state index contributed by atoms with van der Waals surface area (Å²) in [6.45, 7) is 7.29. The minimum atomic E-state index is 0.618. The highest BCUT2D eigenvalue weighted by molar-refractivity contribution is 7.18. The molecule has 1 unspecified atom stereocenters. The average Bonchev–Trinajstić information content (AvgIpc) is 2.84. The lowest BCUT2D eigenvalue weighted by atomic mass is 9.93. The van der Waals surface area contributed by atoms with Crippen molar-refractivity contribution in [1.82, 2.24) is 10.3 Å². The lowest BCUT2D eigenvalue weighted by Crippen LogP contribution is -2.30. The van der Waals surface area contributed by atoms with Crippen LogP contribution in [0.4, 0.5) is 0 Å². The van der Waals surface area contributed by atoms with Gasteiger partial charge >= 0.3 is 0 Å². The van der Waals surface area contributed by atoms with Gasteiger partial charge < -0.3 is 10.1 Å². The summed E-state index contributed by atoms with van der Waals surface area (Å²) >= 11 is 1.82. The van der Waals surface area contributed by atoms with Crippen molar-refractivity contribution in [3.63, 3.8) is 0 Å². The van der Waals surface area contributed by atoms with E-state index in [9.17, 15) is 0 Å². The van der Waals surface area contributed by atoms with Crippen LogP contribution in [0, 0.1) is 11.8 Å². The summed E-state index contributed by atoms with van der Waals surface area (Å²) < 4.78 is 6.36. The van der Waals surface area contributed by atoms with Gasteiger partial charge in [-0.1, -0.05) is 26.0 Å². The molecule has 0 saturated carbocycles. The van der Waals surface area contributed by atoms with Gasteiger partial charge in [0.05, 0.1) is 21.8 Å². The van der Waals surface area contributed by atoms with Gasteiger partial charge in [0, 0.05) is 20.1 Å². The molecule has 20 heavy (non-hydrogen) atoms. The first-order valence-corrected chi connectivity index (χ1v) is 8.06. The van der Waals surface area contributed by atoms with E-state index in [1.807, 2.05) is 11.3 Å². The van der Waals surface area contributed by atoms with Gasteiger partial charge in [-0.15, -0.1) is 11.3 Å². The first kappa shape index (κ1) is 15.4. The van der Waals surface area contributed by atoms with Crippen molar-refractivity contribution in [2.75, 3.05) is 26.8 Å². The minimum absolute atomic E-state index is 0.618. The van der Waals surface area contributed by atoms with E-state index in [1.165, 1.54) is 9.71 Å². The number of rotatable bonds is 8. The van der Waals surface area contributed by atoms with Crippen molar-refractivity contribution in [1.29, 1.82) is 0 Å². The summed E-state index contributed by atoms with van der Waals surface area (Å²) in [7, 11) is 1.74. The van der Waals surface area contributed by atoms with Gasteiger partial charge in [-0.05, 0) is 30.5 Å². The number of nitrogens with one attached hydrogen (secondary N) is 1. The predicted molar refractivity (Wildman–Crippen MR) is 86.4 cm³/mol. The van der Waals surface area contributed by atoms with E-state index in [0.717, 1.165) is 31.6 Å². The van der Waals surface area contributed by atoms with Gasteiger partial charge in [0.25, 0.3) is 0 Å². The Hall–Kier alpha value is -0.970. The molecule has 0 amide bonds. The molecule has 110 valence electrons. The molecule has 0 aliphatic heterocycles. The Morgan fingerprint density at radius 2 is 2.10 bits per heavy atom. The number of para-hydroxylation sites is 1. The van der Waals surface area contributed by atoms with E-state index >= 15 is 0 Å². The number of fused-ring (bicyclic) bond motifs is 1. The maximum Gasteiger partial charge on any atom is 0.0941 e. The van der Waals surface area contributed by atoms with Crippen LogP contribution in [-0.2, 0) is 11.2 Å². The van der Waals surface area contributed by atoms with Crippen LogP contribution in [0.2, 0.25) is 0 Å². The zero-order valence-corrected chi connectivity index (χ0v) is 13.4. The highest BCUT2D eigenvalue weighted by Crippen LogP contribution is 2.25. The van der Waals surface area contributed by atoms with Gasteiger partial charge in [-0.25, -0.2) is 4.98 Å². The van der Waals surface area contributed by atoms with Crippen LogP contribution >= 0.6 is 11.3 Å². The molecule has 0 spiro atoms. The Morgan fingerprint density at radius 3 is 2.80 bits per heavy atom. The maximum atomic E-state index is 5.07. The van der Waals surface area contributed by atoms with Crippen LogP contribution in [0.15, 0.2) is 24.3 Å². The maximum absolute atomic E-state index is 5.07. The molecule has 0 fully saturated rings. The molecule has 0 saturated heterocycles. The number of benzene rings is 1. The summed E-state index contributed by atoms with van der Waals surface area (Å²) in [6.07, 6.45) is 1.05. The van der Waals surface area contributed by atoms with Crippen LogP contribution in [0.3, 0.4) is 0 Å². The standard InChI is InChI=1S/C16H24N2OS/c1-12(2)13(11-17-8-9-19-3)10-16-18-14-6-4-5-7-15(14)20-16/h4-7,12-13,17H,8-11H2,1-3H3. The van der Waals surface area contributed by atoms with E-state index in [-0.39, 0.29) is 0 Å². The molecule has 1 aromatic heterocycles. The number of aromatic nitrogens is 1. The molecular weight excluding hydrogens is 268 g/mol. The van der Waals surface area contributed by atoms with Crippen molar-refractivity contribution in [3.8, 4) is 0 Å². The molecule has 4 heteroatoms. The molecule has 2 rings (SSSR count). The Morgan fingerprint density at radius 1 is 1.30 bits per heavy atom. The lowest BCUT2D eigenvalue weighted by Gasteiger charge is -2.20. The molecule has 1 N–H and O–H groups in total. The van der Waals surface area contributed by atoms with Crippen LogP contribution in [-0.4, -0.2) is 31.8 Å². The third-order valence-electron chi connectivity index (χ3n) is 3.61. The van der Waals surface area contributed by atoms with Crippen LogP contribution in [0.25, 0.3) is 10.2 Å². The van der Waals surface area contributed by atoms with Crippen LogP contribution in [0.5, 0.6) is 0 Å². The largest absolute Gasteiger partial charge is 0.383 e. The van der Waals surface area contributed by atoms with Crippen molar-refractivity contribution < 1.29 is 4.74 Å². The topological polar surface area (TPSA) is 34.1 Å². The van der Waals surface area contributed by atoms with Gasteiger partial charge in [-0.2, -0.15) is 0 Å². The number of hydrogen-bond acceptors (Lipinski definition) is 4. The first-order valence-electron chi connectivity index (χ1n) is 7.24. The van der Waals surface area contributed by atoms with Crippen molar-refractivity contribution >= 4 is 21.6 Å². The summed E-state index contributed by atoms with van der Waals surface area (Å²) in [4.78, 5) is 4.75. The first-order chi connectivity index (χ1) is 9.70. The molecule has 0 bridgehead atoms. The molecular formula is C16H24N2OS. The van der Waals surface area contributed by atoms with Gasteiger partial charge in [0.15, 0.2) is 0 Å². The molecule has 1 atom stereocenters. The number of hydrogen-bond donors (Lipinski definition) is 1. The molecule has 0 aliphatic rings. The van der Waals surface area contributed by atoms with E-state index in [1.54, 1.807) is 7.11 Å². The second kappa shape index (κ2) is 7.72. The smallest absolute Gasteiger partial charge is 0.0941 e. The lowest BCUT2D eigenvalue weighted by molar-refractivity contribution is 0.196. The van der Waals surface area contributed by atoms with E-state index in [2.05, 4.69) is 43.4 Å². The average molecular weight is 292 g/mol. The van der Waals surface area contributed by atoms with Crippen LogP contribution in [0.1, 0.15) is 18.9 Å². The minimum Gasteiger partial charge on any atom is -0.383 e. The molecule has 0 radical (unpaired) electrons. The highest BCUT2D eigenvalue weighted by atomic mass is 32.1. The summed E-state index contributed by atoms with van der Waals surface area (Å²) in [5, 5.41) is 4.72. The fourth-order valence-corrected chi connectivity index (χ4v) is 3.30. The highest BCUT2D eigenvalue weighted by Gasteiger charge is 2.16. The third-order valence-corrected chi connectivity index (χ3v) is 4.67. The number of ether oxygens (including phenoxy) is 1. The molecule has 3 nitrogen and oxygen atoms in total. The van der Waals surface area contributed by atoms with Crippen LogP contribution < -0.4 is 5.32 Å². The Kier molecular flexibility index (Phi) is 5.95. The zero-order chi connectivity index (χ0) is 14.4. The Labute approximate surface area is 125 Å². The van der Waals surface area contributed by atoms with Gasteiger partial charge in [-0.3, -0.25) is 0 Å². The fourth-order valence-electron chi connectivity index (χ4n) is 2.24. The van der Waals surface area contributed by atoms with E-state index in [4.69, 9.17) is 9.72 Å². The molecule has 2 aromatic rings. The summed E-state index contributed by atoms with van der Waals surface area (Å²) in [6, 6.07) is 8.38. The molecule has 0 aliphatic carbocycles. The number of nitrogens with zero attached hydrogens (tertiary/aromatic N) is 1.